The summed E-state index contributed by atoms with van der Waals surface area (Å²) in [5.41, 5.74) is 8.29. The maximum atomic E-state index is 11.4. The summed E-state index contributed by atoms with van der Waals surface area (Å²) in [6.07, 6.45) is 5.13. The molecule has 0 bridgehead atoms. The Kier molecular flexibility index (Phi) is 4.13. The van der Waals surface area contributed by atoms with Gasteiger partial charge < -0.3 is 10.6 Å². The third kappa shape index (κ3) is 3.09. The van der Waals surface area contributed by atoms with Gasteiger partial charge in [0.25, 0.3) is 0 Å². The first kappa shape index (κ1) is 13.9. The summed E-state index contributed by atoms with van der Waals surface area (Å²) in [5, 5.41) is 0. The first-order valence-electron chi connectivity index (χ1n) is 7.12. The molecule has 0 aliphatic heterocycles. The minimum atomic E-state index is 0.0259. The van der Waals surface area contributed by atoms with Crippen LogP contribution in [0.5, 0.6) is 0 Å². The van der Waals surface area contributed by atoms with Gasteiger partial charge in [0.15, 0.2) is 5.78 Å². The molecule has 19 heavy (non-hydrogen) atoms. The zero-order chi connectivity index (χ0) is 14.0. The van der Waals surface area contributed by atoms with Gasteiger partial charge in [0.2, 0.25) is 0 Å². The van der Waals surface area contributed by atoms with E-state index in [0.717, 1.165) is 11.6 Å². The summed E-state index contributed by atoms with van der Waals surface area (Å²) in [5.74, 6) is 0.827. The second kappa shape index (κ2) is 5.64. The van der Waals surface area contributed by atoms with E-state index in [2.05, 4.69) is 18.9 Å². The van der Waals surface area contributed by atoms with Crippen molar-refractivity contribution < 1.29 is 4.79 Å². The highest BCUT2D eigenvalue weighted by atomic mass is 16.1. The lowest BCUT2D eigenvalue weighted by Crippen LogP contribution is -2.35. The molecule has 2 rings (SSSR count). The van der Waals surface area contributed by atoms with E-state index in [4.69, 9.17) is 5.73 Å². The first-order valence-corrected chi connectivity index (χ1v) is 7.12. The lowest BCUT2D eigenvalue weighted by Gasteiger charge is -2.35. The fourth-order valence-electron chi connectivity index (χ4n) is 3.05. The number of anilines is 2. The largest absolute Gasteiger partial charge is 0.398 e. The third-order valence-corrected chi connectivity index (χ3v) is 4.28. The van der Waals surface area contributed by atoms with E-state index < -0.39 is 0 Å². The average Bonchev–Trinajstić information content (AvgIpc) is 2.37. The predicted octanol–water partition coefficient (Wildman–Crippen LogP) is 3.49. The lowest BCUT2D eigenvalue weighted by molar-refractivity contribution is 0.101. The summed E-state index contributed by atoms with van der Waals surface area (Å²) in [6.45, 7) is 3.88. The zero-order valence-corrected chi connectivity index (χ0v) is 12.1. The molecule has 1 saturated carbocycles. The van der Waals surface area contributed by atoms with Crippen LogP contribution >= 0.6 is 0 Å². The molecular weight excluding hydrogens is 236 g/mol. The van der Waals surface area contributed by atoms with E-state index in [0.29, 0.717) is 17.3 Å². The normalized spacial score (nSPS) is 23.1. The fraction of sp³-hybridized carbons (Fsp3) is 0.562. The van der Waals surface area contributed by atoms with Gasteiger partial charge in [0, 0.05) is 30.0 Å². The van der Waals surface area contributed by atoms with Gasteiger partial charge in [-0.25, -0.2) is 0 Å². The second-order valence-corrected chi connectivity index (χ2v) is 5.86. The summed E-state index contributed by atoms with van der Waals surface area (Å²) in [4.78, 5) is 13.7. The van der Waals surface area contributed by atoms with Gasteiger partial charge in [-0.3, -0.25) is 4.79 Å². The molecule has 1 aliphatic rings. The molecule has 0 heterocycles. The molecule has 104 valence electrons. The third-order valence-electron chi connectivity index (χ3n) is 4.28. The summed E-state index contributed by atoms with van der Waals surface area (Å²) in [6, 6.07) is 6.37. The first-order chi connectivity index (χ1) is 8.99. The number of nitrogens with two attached hydrogens (primary N) is 1. The molecular formula is C16H24N2O. The number of benzene rings is 1. The number of carbonyl (C=O) groups is 1. The van der Waals surface area contributed by atoms with Crippen LogP contribution in [0.15, 0.2) is 18.2 Å². The summed E-state index contributed by atoms with van der Waals surface area (Å²) in [7, 11) is 2.13. The molecule has 1 fully saturated rings. The number of carbonyl (C=O) groups excluding carboxylic acids is 1. The molecule has 3 heteroatoms. The number of ketones is 1. The topological polar surface area (TPSA) is 46.3 Å². The monoisotopic (exact) mass is 260 g/mol. The van der Waals surface area contributed by atoms with Crippen molar-refractivity contribution in [2.24, 2.45) is 5.92 Å². The quantitative estimate of drug-likeness (QED) is 0.668. The van der Waals surface area contributed by atoms with Gasteiger partial charge in [0.1, 0.15) is 0 Å². The smallest absolute Gasteiger partial charge is 0.161 e. The fourth-order valence-corrected chi connectivity index (χ4v) is 3.05. The number of rotatable bonds is 3. The number of nitrogens with zero attached hydrogens (tertiary/aromatic N) is 1. The van der Waals surface area contributed by atoms with Crippen molar-refractivity contribution in [1.29, 1.82) is 0 Å². The molecule has 0 amide bonds. The lowest BCUT2D eigenvalue weighted by atomic mass is 9.86. The van der Waals surface area contributed by atoms with Crippen LogP contribution in [0.2, 0.25) is 0 Å². The molecule has 0 aromatic heterocycles. The van der Waals surface area contributed by atoms with Crippen molar-refractivity contribution in [3.8, 4) is 0 Å². The minimum Gasteiger partial charge on any atom is -0.398 e. The molecule has 1 aromatic carbocycles. The Morgan fingerprint density at radius 2 is 2.11 bits per heavy atom. The van der Waals surface area contributed by atoms with Gasteiger partial charge >= 0.3 is 0 Å². The van der Waals surface area contributed by atoms with Crippen molar-refractivity contribution in [3.05, 3.63) is 23.8 Å². The molecule has 0 saturated heterocycles. The Bertz CT molecular complexity index is 470. The van der Waals surface area contributed by atoms with Crippen LogP contribution < -0.4 is 10.6 Å². The van der Waals surface area contributed by atoms with Crippen molar-refractivity contribution in [2.75, 3.05) is 17.7 Å². The van der Waals surface area contributed by atoms with Crippen LogP contribution in [0.25, 0.3) is 0 Å². The van der Waals surface area contributed by atoms with Crippen LogP contribution in [0.1, 0.15) is 49.9 Å². The van der Waals surface area contributed by atoms with Gasteiger partial charge in [-0.2, -0.15) is 0 Å². The average molecular weight is 260 g/mol. The molecule has 1 aromatic rings. The Labute approximate surface area is 115 Å². The maximum Gasteiger partial charge on any atom is 0.161 e. The van der Waals surface area contributed by atoms with Crippen molar-refractivity contribution >= 4 is 17.2 Å². The minimum absolute atomic E-state index is 0.0259. The predicted molar refractivity (Wildman–Crippen MR) is 80.7 cm³/mol. The molecule has 2 atom stereocenters. The highest BCUT2D eigenvalue weighted by Crippen LogP contribution is 2.30. The van der Waals surface area contributed by atoms with Crippen molar-refractivity contribution in [2.45, 2.75) is 45.6 Å². The van der Waals surface area contributed by atoms with Gasteiger partial charge in [-0.1, -0.05) is 19.8 Å². The summed E-state index contributed by atoms with van der Waals surface area (Å²) >= 11 is 0. The van der Waals surface area contributed by atoms with Gasteiger partial charge in [-0.05, 0) is 43.9 Å². The SMILES string of the molecule is CC(=O)c1ccc(N(C)C2CCCC(C)C2)cc1N. The van der Waals surface area contributed by atoms with Crippen LogP contribution in [-0.4, -0.2) is 18.9 Å². The molecule has 0 spiro atoms. The number of hydrogen-bond acceptors (Lipinski definition) is 3. The number of Topliss-reactive ketones (excluding diaryl/α,β-unsaturated/α-hetero) is 1. The number of hydrogen-bond donors (Lipinski definition) is 1. The molecule has 3 nitrogen and oxygen atoms in total. The van der Waals surface area contributed by atoms with E-state index in [1.165, 1.54) is 25.7 Å². The molecule has 2 N–H and O–H groups in total. The maximum absolute atomic E-state index is 11.4. The molecule has 2 unspecified atom stereocenters. The van der Waals surface area contributed by atoms with Crippen molar-refractivity contribution in [3.63, 3.8) is 0 Å². The summed E-state index contributed by atoms with van der Waals surface area (Å²) < 4.78 is 0. The highest BCUT2D eigenvalue weighted by Gasteiger charge is 2.23. The van der Waals surface area contributed by atoms with E-state index >= 15 is 0 Å². The van der Waals surface area contributed by atoms with Crippen LogP contribution in [-0.2, 0) is 0 Å². The second-order valence-electron chi connectivity index (χ2n) is 5.86. The van der Waals surface area contributed by atoms with Crippen LogP contribution in [0.4, 0.5) is 11.4 Å². The molecule has 1 aliphatic carbocycles. The molecule has 0 radical (unpaired) electrons. The Morgan fingerprint density at radius 1 is 1.37 bits per heavy atom. The Hall–Kier alpha value is -1.51. The highest BCUT2D eigenvalue weighted by molar-refractivity contribution is 5.99. The standard InChI is InChI=1S/C16H24N2O/c1-11-5-4-6-13(9-11)18(3)14-7-8-15(12(2)19)16(17)10-14/h7-8,10-11,13H,4-6,9,17H2,1-3H3. The van der Waals surface area contributed by atoms with Gasteiger partial charge in [0.05, 0.1) is 0 Å². The van der Waals surface area contributed by atoms with Crippen LogP contribution in [0, 0.1) is 5.92 Å². The van der Waals surface area contributed by atoms with Crippen molar-refractivity contribution in [1.82, 2.24) is 0 Å². The van der Waals surface area contributed by atoms with E-state index in [9.17, 15) is 4.79 Å². The Balaban J connectivity index is 2.17. The number of nitrogen functional groups attached to an aromatic ring is 1. The van der Waals surface area contributed by atoms with E-state index in [1.807, 2.05) is 18.2 Å². The van der Waals surface area contributed by atoms with E-state index in [1.54, 1.807) is 6.92 Å². The van der Waals surface area contributed by atoms with Gasteiger partial charge in [-0.15, -0.1) is 0 Å². The van der Waals surface area contributed by atoms with E-state index in [-0.39, 0.29) is 5.78 Å². The zero-order valence-electron chi connectivity index (χ0n) is 12.1. The Morgan fingerprint density at radius 3 is 2.68 bits per heavy atom. The van der Waals surface area contributed by atoms with Crippen LogP contribution in [0.3, 0.4) is 0 Å².